The van der Waals surface area contributed by atoms with Crippen LogP contribution >= 0.6 is 11.3 Å². The van der Waals surface area contributed by atoms with Crippen molar-refractivity contribution in [3.05, 3.63) is 22.7 Å². The van der Waals surface area contributed by atoms with Crippen LogP contribution in [-0.4, -0.2) is 46.9 Å². The summed E-state index contributed by atoms with van der Waals surface area (Å²) in [6, 6.07) is 1.48. The molecule has 3 rings (SSSR count). The molecular formula is C12H15N5O3S2. The van der Waals surface area contributed by atoms with Crippen LogP contribution in [-0.2, 0) is 10.0 Å². The SMILES string of the molecule is O=C(Nc1ncn[nH]1)c1sccc1S(=O)(=O)N1CCCCC1. The summed E-state index contributed by atoms with van der Waals surface area (Å²) < 4.78 is 26.8. The zero-order valence-corrected chi connectivity index (χ0v) is 13.3. The van der Waals surface area contributed by atoms with Crippen molar-refractivity contribution in [2.24, 2.45) is 0 Å². The van der Waals surface area contributed by atoms with Crippen LogP contribution in [0, 0.1) is 0 Å². The number of nitrogens with zero attached hydrogens (tertiary/aromatic N) is 3. The number of carbonyl (C=O) groups is 1. The summed E-state index contributed by atoms with van der Waals surface area (Å²) in [5.41, 5.74) is 0. The van der Waals surface area contributed by atoms with E-state index in [2.05, 4.69) is 20.5 Å². The van der Waals surface area contributed by atoms with Crippen LogP contribution in [0.2, 0.25) is 0 Å². The fourth-order valence-electron chi connectivity index (χ4n) is 2.34. The highest BCUT2D eigenvalue weighted by atomic mass is 32.2. The Morgan fingerprint density at radius 2 is 2.09 bits per heavy atom. The van der Waals surface area contributed by atoms with E-state index in [4.69, 9.17) is 0 Å². The molecule has 1 aliphatic heterocycles. The number of hydrogen-bond acceptors (Lipinski definition) is 6. The van der Waals surface area contributed by atoms with Gasteiger partial charge in [0.25, 0.3) is 5.91 Å². The van der Waals surface area contributed by atoms with Gasteiger partial charge in [0.2, 0.25) is 16.0 Å². The second-order valence-electron chi connectivity index (χ2n) is 4.87. The predicted molar refractivity (Wildman–Crippen MR) is 81.3 cm³/mol. The molecule has 2 aromatic heterocycles. The number of piperidine rings is 1. The molecule has 0 unspecified atom stereocenters. The van der Waals surface area contributed by atoms with Crippen LogP contribution in [0.3, 0.4) is 0 Å². The van der Waals surface area contributed by atoms with Crippen molar-refractivity contribution in [2.45, 2.75) is 24.2 Å². The van der Waals surface area contributed by atoms with Crippen LogP contribution in [0.15, 0.2) is 22.7 Å². The molecule has 0 atom stereocenters. The molecule has 0 aromatic carbocycles. The zero-order valence-electron chi connectivity index (χ0n) is 11.7. The average molecular weight is 341 g/mol. The van der Waals surface area contributed by atoms with Gasteiger partial charge < -0.3 is 0 Å². The molecule has 3 heterocycles. The number of hydrogen-bond donors (Lipinski definition) is 2. The Kier molecular flexibility index (Phi) is 4.23. The summed E-state index contributed by atoms with van der Waals surface area (Å²) in [5, 5.41) is 10.2. The molecule has 0 spiro atoms. The first kappa shape index (κ1) is 15.1. The molecule has 22 heavy (non-hydrogen) atoms. The van der Waals surface area contributed by atoms with Gasteiger partial charge in [0.15, 0.2) is 0 Å². The Morgan fingerprint density at radius 3 is 2.77 bits per heavy atom. The van der Waals surface area contributed by atoms with Gasteiger partial charge in [-0.2, -0.15) is 14.4 Å². The van der Waals surface area contributed by atoms with Gasteiger partial charge in [0, 0.05) is 13.1 Å². The number of aromatic nitrogens is 3. The monoisotopic (exact) mass is 341 g/mol. The Balaban J connectivity index is 1.86. The first-order valence-corrected chi connectivity index (χ1v) is 9.15. The number of rotatable bonds is 4. The van der Waals surface area contributed by atoms with Crippen molar-refractivity contribution in [1.29, 1.82) is 0 Å². The normalized spacial score (nSPS) is 16.5. The Labute approximate surface area is 131 Å². The summed E-state index contributed by atoms with van der Waals surface area (Å²) in [4.78, 5) is 16.3. The Morgan fingerprint density at radius 1 is 1.32 bits per heavy atom. The van der Waals surface area contributed by atoms with Crippen molar-refractivity contribution >= 4 is 33.2 Å². The van der Waals surface area contributed by atoms with E-state index >= 15 is 0 Å². The summed E-state index contributed by atoms with van der Waals surface area (Å²) >= 11 is 1.09. The van der Waals surface area contributed by atoms with Crippen LogP contribution in [0.4, 0.5) is 5.95 Å². The van der Waals surface area contributed by atoms with E-state index in [-0.39, 0.29) is 15.7 Å². The van der Waals surface area contributed by atoms with Crippen molar-refractivity contribution < 1.29 is 13.2 Å². The number of thiophene rings is 1. The molecule has 1 fully saturated rings. The van der Waals surface area contributed by atoms with Crippen molar-refractivity contribution in [3.63, 3.8) is 0 Å². The summed E-state index contributed by atoms with van der Waals surface area (Å²) in [7, 11) is -3.64. The number of nitrogens with one attached hydrogen (secondary N) is 2. The molecule has 2 N–H and O–H groups in total. The number of amides is 1. The van der Waals surface area contributed by atoms with Crippen LogP contribution in [0.25, 0.3) is 0 Å². The van der Waals surface area contributed by atoms with E-state index in [1.165, 1.54) is 16.7 Å². The van der Waals surface area contributed by atoms with E-state index in [0.29, 0.717) is 13.1 Å². The molecule has 1 saturated heterocycles. The molecule has 2 aromatic rings. The maximum absolute atomic E-state index is 12.7. The molecule has 1 aliphatic rings. The number of sulfonamides is 1. The standard InChI is InChI=1S/C12H15N5O3S2/c18-11(15-12-13-8-14-16-12)10-9(4-7-21-10)22(19,20)17-5-2-1-3-6-17/h4,7-8H,1-3,5-6H2,(H2,13,14,15,16,18). The lowest BCUT2D eigenvalue weighted by Gasteiger charge is -2.25. The molecule has 0 bridgehead atoms. The average Bonchev–Trinajstić information content (AvgIpc) is 3.19. The van der Waals surface area contributed by atoms with Gasteiger partial charge in [-0.3, -0.25) is 10.1 Å². The second kappa shape index (κ2) is 6.15. The lowest BCUT2D eigenvalue weighted by atomic mass is 10.2. The van der Waals surface area contributed by atoms with Gasteiger partial charge >= 0.3 is 0 Å². The fraction of sp³-hybridized carbons (Fsp3) is 0.417. The van der Waals surface area contributed by atoms with E-state index in [1.54, 1.807) is 5.38 Å². The first-order chi connectivity index (χ1) is 10.6. The van der Waals surface area contributed by atoms with Crippen LogP contribution in [0.1, 0.15) is 28.9 Å². The van der Waals surface area contributed by atoms with Gasteiger partial charge in [-0.15, -0.1) is 11.3 Å². The van der Waals surface area contributed by atoms with E-state index in [0.717, 1.165) is 30.6 Å². The lowest BCUT2D eigenvalue weighted by Crippen LogP contribution is -2.36. The van der Waals surface area contributed by atoms with E-state index in [9.17, 15) is 13.2 Å². The van der Waals surface area contributed by atoms with Crippen molar-refractivity contribution in [1.82, 2.24) is 19.5 Å². The molecule has 0 saturated carbocycles. The van der Waals surface area contributed by atoms with Crippen LogP contribution in [0.5, 0.6) is 0 Å². The van der Waals surface area contributed by atoms with Crippen molar-refractivity contribution in [2.75, 3.05) is 18.4 Å². The van der Waals surface area contributed by atoms with Gasteiger partial charge in [-0.25, -0.2) is 13.5 Å². The third kappa shape index (κ3) is 2.89. The number of H-pyrrole nitrogens is 1. The van der Waals surface area contributed by atoms with Gasteiger partial charge in [-0.1, -0.05) is 6.42 Å². The minimum atomic E-state index is -3.64. The van der Waals surface area contributed by atoms with Gasteiger partial charge in [0.1, 0.15) is 16.1 Å². The molecular weight excluding hydrogens is 326 g/mol. The quantitative estimate of drug-likeness (QED) is 0.871. The number of carbonyl (C=O) groups excluding carboxylic acids is 1. The number of aromatic amines is 1. The topological polar surface area (TPSA) is 108 Å². The highest BCUT2D eigenvalue weighted by Gasteiger charge is 2.31. The Hall–Kier alpha value is -1.78. The van der Waals surface area contributed by atoms with Crippen LogP contribution < -0.4 is 5.32 Å². The molecule has 1 amide bonds. The number of anilines is 1. The minimum absolute atomic E-state index is 0.0522. The van der Waals surface area contributed by atoms with Crippen molar-refractivity contribution in [3.8, 4) is 0 Å². The molecule has 118 valence electrons. The highest BCUT2D eigenvalue weighted by Crippen LogP contribution is 2.27. The molecule has 0 radical (unpaired) electrons. The maximum atomic E-state index is 12.7. The van der Waals surface area contributed by atoms with Gasteiger partial charge in [0.05, 0.1) is 0 Å². The maximum Gasteiger partial charge on any atom is 0.269 e. The minimum Gasteiger partial charge on any atom is -0.290 e. The molecule has 0 aliphatic carbocycles. The zero-order chi connectivity index (χ0) is 15.6. The highest BCUT2D eigenvalue weighted by molar-refractivity contribution is 7.89. The van der Waals surface area contributed by atoms with E-state index in [1.807, 2.05) is 0 Å². The Bertz CT molecular complexity index is 748. The predicted octanol–water partition coefficient (Wildman–Crippen LogP) is 1.29. The third-order valence-corrected chi connectivity index (χ3v) is 6.40. The first-order valence-electron chi connectivity index (χ1n) is 6.83. The lowest BCUT2D eigenvalue weighted by molar-refractivity contribution is 0.102. The molecule has 8 nitrogen and oxygen atoms in total. The summed E-state index contributed by atoms with van der Waals surface area (Å²) in [5.74, 6) is -0.331. The molecule has 10 heteroatoms. The largest absolute Gasteiger partial charge is 0.290 e. The van der Waals surface area contributed by atoms with Gasteiger partial charge in [-0.05, 0) is 24.3 Å². The summed E-state index contributed by atoms with van der Waals surface area (Å²) in [6.07, 6.45) is 4.00. The van der Waals surface area contributed by atoms with E-state index < -0.39 is 15.9 Å². The second-order valence-corrected chi connectivity index (χ2v) is 7.69. The third-order valence-electron chi connectivity index (χ3n) is 3.42. The fourth-order valence-corrected chi connectivity index (χ4v) is 5.15. The summed E-state index contributed by atoms with van der Waals surface area (Å²) in [6.45, 7) is 1.00. The smallest absolute Gasteiger partial charge is 0.269 e.